The predicted octanol–water partition coefficient (Wildman–Crippen LogP) is 0.659. The number of nitrogens with one attached hydrogen (secondary N) is 1. The van der Waals surface area contributed by atoms with Crippen LogP contribution in [-0.4, -0.2) is 34.3 Å². The zero-order valence-corrected chi connectivity index (χ0v) is 10.7. The molecule has 0 bridgehead atoms. The van der Waals surface area contributed by atoms with Crippen molar-refractivity contribution in [3.05, 3.63) is 0 Å². The Labute approximate surface area is 91.4 Å². The molecule has 0 radical (unpaired) electrons. The summed E-state index contributed by atoms with van der Waals surface area (Å²) < 4.78 is 16.4. The zero-order chi connectivity index (χ0) is 11.9. The molecular weight excluding hydrogens is 216 g/mol. The van der Waals surface area contributed by atoms with Crippen LogP contribution in [0.5, 0.6) is 0 Å². The number of amides is 2. The average molecular weight is 236 g/mol. The molecule has 1 unspecified atom stereocenters. The van der Waals surface area contributed by atoms with E-state index in [-0.39, 0.29) is 0 Å². The molecule has 15 heavy (non-hydrogen) atoms. The first kappa shape index (κ1) is 14.4. The molecule has 7 heteroatoms. The van der Waals surface area contributed by atoms with Gasteiger partial charge in [0.15, 0.2) is 0 Å². The molecule has 0 fully saturated rings. The van der Waals surface area contributed by atoms with Crippen LogP contribution in [0.3, 0.4) is 0 Å². The van der Waals surface area contributed by atoms with Crippen LogP contribution in [-0.2, 0) is 13.3 Å². The molecule has 1 atom stereocenters. The summed E-state index contributed by atoms with van der Waals surface area (Å²) in [6, 6.07) is -0.633. The second-order valence-corrected chi connectivity index (χ2v) is 5.53. The van der Waals surface area contributed by atoms with Crippen molar-refractivity contribution < 1.29 is 18.1 Å². The highest BCUT2D eigenvalue weighted by atomic mass is 28.4. The van der Waals surface area contributed by atoms with Crippen LogP contribution in [0.2, 0.25) is 6.55 Å². The van der Waals surface area contributed by atoms with Gasteiger partial charge in [0.05, 0.1) is 0 Å². The van der Waals surface area contributed by atoms with Gasteiger partial charge in [-0.3, -0.25) is 0 Å². The van der Waals surface area contributed by atoms with Gasteiger partial charge in [0.2, 0.25) is 0 Å². The Morgan fingerprint density at radius 2 is 1.87 bits per heavy atom. The molecular formula is C8H20N2O4Si. The SMILES string of the molecule is CCO[Si](C)(OCC)OC(C)NC(N)=O. The van der Waals surface area contributed by atoms with E-state index in [0.29, 0.717) is 13.2 Å². The topological polar surface area (TPSA) is 82.8 Å². The van der Waals surface area contributed by atoms with Crippen LogP contribution in [0.1, 0.15) is 20.8 Å². The maximum absolute atomic E-state index is 10.6. The first-order valence-electron chi connectivity index (χ1n) is 4.95. The van der Waals surface area contributed by atoms with Crippen LogP contribution >= 0.6 is 0 Å². The average Bonchev–Trinajstić information content (AvgIpc) is 2.01. The summed E-state index contributed by atoms with van der Waals surface area (Å²) in [5, 5.41) is 2.41. The maximum Gasteiger partial charge on any atom is 0.499 e. The van der Waals surface area contributed by atoms with Crippen molar-refractivity contribution in [1.29, 1.82) is 0 Å². The van der Waals surface area contributed by atoms with Crippen LogP contribution in [0.15, 0.2) is 0 Å². The van der Waals surface area contributed by atoms with Gasteiger partial charge < -0.3 is 24.3 Å². The molecule has 0 aliphatic carbocycles. The Kier molecular flexibility index (Phi) is 6.49. The van der Waals surface area contributed by atoms with E-state index in [4.69, 9.17) is 19.0 Å². The molecule has 90 valence electrons. The summed E-state index contributed by atoms with van der Waals surface area (Å²) in [6.45, 7) is 8.19. The van der Waals surface area contributed by atoms with Crippen LogP contribution in [0.4, 0.5) is 4.79 Å². The van der Waals surface area contributed by atoms with Crippen molar-refractivity contribution in [3.8, 4) is 0 Å². The van der Waals surface area contributed by atoms with Gasteiger partial charge in [0.1, 0.15) is 6.23 Å². The summed E-state index contributed by atoms with van der Waals surface area (Å²) >= 11 is 0. The Balaban J connectivity index is 4.19. The molecule has 6 nitrogen and oxygen atoms in total. The van der Waals surface area contributed by atoms with Crippen molar-refractivity contribution in [1.82, 2.24) is 5.32 Å². The molecule has 0 aliphatic heterocycles. The van der Waals surface area contributed by atoms with Crippen molar-refractivity contribution in [2.24, 2.45) is 5.73 Å². The molecule has 0 aliphatic rings. The smallest absolute Gasteiger partial charge is 0.374 e. The predicted molar refractivity (Wildman–Crippen MR) is 58.1 cm³/mol. The van der Waals surface area contributed by atoms with Gasteiger partial charge in [0.25, 0.3) is 0 Å². The zero-order valence-electron chi connectivity index (χ0n) is 9.70. The normalized spacial score (nSPS) is 13.6. The third kappa shape index (κ3) is 6.45. The number of carbonyl (C=O) groups is 1. The number of hydrogen-bond acceptors (Lipinski definition) is 4. The second-order valence-electron chi connectivity index (χ2n) is 3.00. The largest absolute Gasteiger partial charge is 0.499 e. The lowest BCUT2D eigenvalue weighted by Gasteiger charge is -2.28. The van der Waals surface area contributed by atoms with E-state index in [1.54, 1.807) is 13.5 Å². The van der Waals surface area contributed by atoms with Gasteiger partial charge in [-0.2, -0.15) is 0 Å². The van der Waals surface area contributed by atoms with E-state index in [1.807, 2.05) is 13.8 Å². The van der Waals surface area contributed by atoms with Crippen molar-refractivity contribution >= 4 is 14.8 Å². The number of urea groups is 1. The fourth-order valence-corrected chi connectivity index (χ4v) is 3.15. The number of primary amides is 1. The van der Waals surface area contributed by atoms with Gasteiger partial charge in [-0.1, -0.05) is 0 Å². The minimum atomic E-state index is -2.65. The molecule has 0 rings (SSSR count). The molecule has 0 saturated heterocycles. The van der Waals surface area contributed by atoms with E-state index < -0.39 is 21.1 Å². The molecule has 0 aromatic carbocycles. The fraction of sp³-hybridized carbons (Fsp3) is 0.875. The molecule has 0 aromatic heterocycles. The molecule has 0 aromatic rings. The quantitative estimate of drug-likeness (QED) is 0.502. The molecule has 0 heterocycles. The van der Waals surface area contributed by atoms with Gasteiger partial charge in [0, 0.05) is 19.8 Å². The lowest BCUT2D eigenvalue weighted by atomic mass is 10.7. The maximum atomic E-state index is 10.6. The highest BCUT2D eigenvalue weighted by molar-refractivity contribution is 6.59. The van der Waals surface area contributed by atoms with E-state index >= 15 is 0 Å². The van der Waals surface area contributed by atoms with Gasteiger partial charge >= 0.3 is 14.8 Å². The van der Waals surface area contributed by atoms with Crippen LogP contribution in [0, 0.1) is 0 Å². The molecule has 2 amide bonds. The van der Waals surface area contributed by atoms with Crippen molar-refractivity contribution in [3.63, 3.8) is 0 Å². The number of rotatable bonds is 7. The Morgan fingerprint density at radius 3 is 2.20 bits per heavy atom. The standard InChI is InChI=1S/C8H20N2O4Si/c1-5-12-15(4,13-6-2)14-7(3)10-8(9)11/h7H,5-6H2,1-4H3,(H3,9,10,11). The summed E-state index contributed by atoms with van der Waals surface area (Å²) in [5.41, 5.74) is 4.96. The third-order valence-electron chi connectivity index (χ3n) is 1.55. The lowest BCUT2D eigenvalue weighted by Crippen LogP contribution is -2.50. The molecule has 3 N–H and O–H groups in total. The van der Waals surface area contributed by atoms with Crippen molar-refractivity contribution in [2.75, 3.05) is 13.2 Å². The highest BCUT2D eigenvalue weighted by Gasteiger charge is 2.36. The Hall–Kier alpha value is -0.633. The minimum absolute atomic E-state index is 0.506. The first-order chi connectivity index (χ1) is 6.93. The number of carbonyl (C=O) groups excluding carboxylic acids is 1. The van der Waals surface area contributed by atoms with Crippen LogP contribution in [0.25, 0.3) is 0 Å². The molecule has 0 saturated carbocycles. The van der Waals surface area contributed by atoms with E-state index in [0.717, 1.165) is 0 Å². The van der Waals surface area contributed by atoms with E-state index in [2.05, 4.69) is 5.32 Å². The fourth-order valence-electron chi connectivity index (χ4n) is 1.18. The van der Waals surface area contributed by atoms with Crippen molar-refractivity contribution in [2.45, 2.75) is 33.5 Å². The summed E-state index contributed by atoms with van der Waals surface area (Å²) in [4.78, 5) is 10.6. The second kappa shape index (κ2) is 6.78. The van der Waals surface area contributed by atoms with Gasteiger partial charge in [-0.05, 0) is 20.8 Å². The Morgan fingerprint density at radius 1 is 1.40 bits per heavy atom. The van der Waals surface area contributed by atoms with E-state index in [1.165, 1.54) is 0 Å². The number of nitrogens with two attached hydrogens (primary N) is 1. The van der Waals surface area contributed by atoms with Crippen LogP contribution < -0.4 is 11.1 Å². The minimum Gasteiger partial charge on any atom is -0.374 e. The third-order valence-corrected chi connectivity index (χ3v) is 3.96. The molecule has 0 spiro atoms. The highest BCUT2D eigenvalue weighted by Crippen LogP contribution is 2.10. The monoisotopic (exact) mass is 236 g/mol. The summed E-state index contributed by atoms with van der Waals surface area (Å²) in [6.07, 6.45) is -0.516. The van der Waals surface area contributed by atoms with Gasteiger partial charge in [-0.25, -0.2) is 4.79 Å². The summed E-state index contributed by atoms with van der Waals surface area (Å²) in [5.74, 6) is 0. The Bertz CT molecular complexity index is 197. The number of hydrogen-bond donors (Lipinski definition) is 2. The van der Waals surface area contributed by atoms with E-state index in [9.17, 15) is 4.79 Å². The summed E-state index contributed by atoms with van der Waals surface area (Å²) in [7, 11) is -2.65. The lowest BCUT2D eigenvalue weighted by molar-refractivity contribution is 0.0370. The first-order valence-corrected chi connectivity index (χ1v) is 7.17. The van der Waals surface area contributed by atoms with Gasteiger partial charge in [-0.15, -0.1) is 0 Å².